The van der Waals surface area contributed by atoms with Gasteiger partial charge in [0.05, 0.1) is 11.9 Å². The SMILES string of the molecule is CCCCNC(=O)[C@@H](Cc1ccccc1)N(Cc1ccccc1)C(=O)CN(c1ccc(CC)cc1)S(C)(=O)=O. The minimum Gasteiger partial charge on any atom is -0.354 e. The summed E-state index contributed by atoms with van der Waals surface area (Å²) in [6.07, 6.45) is 3.97. The number of nitrogens with zero attached hydrogens (tertiary/aromatic N) is 2. The number of hydrogen-bond donors (Lipinski definition) is 1. The van der Waals surface area contributed by atoms with Crippen LogP contribution in [0.4, 0.5) is 5.69 Å². The van der Waals surface area contributed by atoms with Gasteiger partial charge >= 0.3 is 0 Å². The van der Waals surface area contributed by atoms with Crippen molar-refractivity contribution in [3.05, 3.63) is 102 Å². The Kier molecular flexibility index (Phi) is 11.1. The van der Waals surface area contributed by atoms with Crippen LogP contribution < -0.4 is 9.62 Å². The van der Waals surface area contributed by atoms with Crippen molar-refractivity contribution in [3.8, 4) is 0 Å². The molecule has 2 amide bonds. The number of sulfonamides is 1. The highest BCUT2D eigenvalue weighted by Gasteiger charge is 2.32. The van der Waals surface area contributed by atoms with Crippen molar-refractivity contribution in [2.75, 3.05) is 23.7 Å². The van der Waals surface area contributed by atoms with Gasteiger partial charge in [-0.3, -0.25) is 13.9 Å². The molecule has 0 aliphatic carbocycles. The van der Waals surface area contributed by atoms with Gasteiger partial charge in [0, 0.05) is 19.5 Å². The number of rotatable bonds is 14. The molecule has 0 aliphatic rings. The van der Waals surface area contributed by atoms with Crippen LogP contribution in [0.1, 0.15) is 43.4 Å². The molecule has 208 valence electrons. The summed E-state index contributed by atoms with van der Waals surface area (Å²) >= 11 is 0. The first kappa shape index (κ1) is 29.9. The van der Waals surface area contributed by atoms with Gasteiger partial charge in [0.1, 0.15) is 12.6 Å². The second kappa shape index (κ2) is 14.5. The summed E-state index contributed by atoms with van der Waals surface area (Å²) in [7, 11) is -3.78. The lowest BCUT2D eigenvalue weighted by Gasteiger charge is -2.33. The third-order valence-corrected chi connectivity index (χ3v) is 7.75. The Morgan fingerprint density at radius 3 is 1.95 bits per heavy atom. The molecule has 3 aromatic rings. The lowest BCUT2D eigenvalue weighted by Crippen LogP contribution is -2.53. The molecule has 0 aromatic heterocycles. The average Bonchev–Trinajstić information content (AvgIpc) is 2.94. The number of nitrogens with one attached hydrogen (secondary N) is 1. The maximum absolute atomic E-state index is 14.0. The van der Waals surface area contributed by atoms with Crippen LogP contribution in [-0.2, 0) is 39.0 Å². The molecule has 7 nitrogen and oxygen atoms in total. The minimum atomic E-state index is -3.78. The number of aryl methyl sites for hydroxylation is 1. The van der Waals surface area contributed by atoms with Gasteiger partial charge in [0.25, 0.3) is 0 Å². The van der Waals surface area contributed by atoms with E-state index in [2.05, 4.69) is 5.32 Å². The first-order chi connectivity index (χ1) is 18.7. The van der Waals surface area contributed by atoms with Crippen LogP contribution in [-0.4, -0.2) is 50.5 Å². The highest BCUT2D eigenvalue weighted by Crippen LogP contribution is 2.21. The van der Waals surface area contributed by atoms with Crippen LogP contribution in [0.2, 0.25) is 0 Å². The Morgan fingerprint density at radius 2 is 1.41 bits per heavy atom. The number of anilines is 1. The molecule has 0 saturated heterocycles. The van der Waals surface area contributed by atoms with Crippen molar-refractivity contribution in [2.24, 2.45) is 0 Å². The molecule has 3 aromatic carbocycles. The van der Waals surface area contributed by atoms with Crippen molar-refractivity contribution >= 4 is 27.5 Å². The van der Waals surface area contributed by atoms with E-state index in [0.29, 0.717) is 18.7 Å². The standard InChI is InChI=1S/C31H39N3O4S/c1-4-6-21-32-31(36)29(22-26-13-9-7-10-14-26)33(23-27-15-11-8-12-16-27)30(35)24-34(39(3,37)38)28-19-17-25(5-2)18-20-28/h7-20,29H,4-6,21-24H2,1-3H3,(H,32,36)/t29-/m1/s1. The summed E-state index contributed by atoms with van der Waals surface area (Å²) in [5.74, 6) is -0.704. The number of unbranched alkanes of at least 4 members (excludes halogenated alkanes) is 1. The molecule has 0 bridgehead atoms. The molecule has 1 N–H and O–H groups in total. The molecular weight excluding hydrogens is 510 g/mol. The smallest absolute Gasteiger partial charge is 0.244 e. The maximum Gasteiger partial charge on any atom is 0.244 e. The molecule has 0 fully saturated rings. The van der Waals surface area contributed by atoms with Crippen LogP contribution in [0, 0.1) is 0 Å². The first-order valence-electron chi connectivity index (χ1n) is 13.4. The van der Waals surface area contributed by atoms with E-state index < -0.39 is 28.5 Å². The van der Waals surface area contributed by atoms with Gasteiger partial charge in [-0.1, -0.05) is 93.1 Å². The highest BCUT2D eigenvalue weighted by atomic mass is 32.2. The zero-order chi connectivity index (χ0) is 28.3. The fraction of sp³-hybridized carbons (Fsp3) is 0.355. The number of carbonyl (C=O) groups is 2. The van der Waals surface area contributed by atoms with E-state index in [0.717, 1.165) is 46.5 Å². The minimum absolute atomic E-state index is 0.171. The molecule has 0 heterocycles. The van der Waals surface area contributed by atoms with E-state index in [1.807, 2.05) is 86.6 Å². The normalized spacial score (nSPS) is 12.0. The van der Waals surface area contributed by atoms with E-state index in [-0.39, 0.29) is 12.5 Å². The summed E-state index contributed by atoms with van der Waals surface area (Å²) in [6, 6.07) is 25.3. The second-order valence-corrected chi connectivity index (χ2v) is 11.6. The molecule has 8 heteroatoms. The van der Waals surface area contributed by atoms with Crippen molar-refractivity contribution in [1.29, 1.82) is 0 Å². The van der Waals surface area contributed by atoms with E-state index in [1.165, 1.54) is 4.90 Å². The fourth-order valence-electron chi connectivity index (χ4n) is 4.35. The van der Waals surface area contributed by atoms with E-state index in [9.17, 15) is 18.0 Å². The van der Waals surface area contributed by atoms with Gasteiger partial charge in [0.2, 0.25) is 21.8 Å². The summed E-state index contributed by atoms with van der Waals surface area (Å²) in [4.78, 5) is 29.1. The topological polar surface area (TPSA) is 86.8 Å². The monoisotopic (exact) mass is 549 g/mol. The second-order valence-electron chi connectivity index (χ2n) is 9.65. The van der Waals surface area contributed by atoms with Crippen LogP contribution in [0.3, 0.4) is 0 Å². The van der Waals surface area contributed by atoms with Gasteiger partial charge in [-0.2, -0.15) is 0 Å². The van der Waals surface area contributed by atoms with Crippen LogP contribution in [0.15, 0.2) is 84.9 Å². The van der Waals surface area contributed by atoms with Crippen LogP contribution in [0.5, 0.6) is 0 Å². The predicted octanol–water partition coefficient (Wildman–Crippen LogP) is 4.57. The lowest BCUT2D eigenvalue weighted by atomic mass is 10.0. The molecular formula is C31H39N3O4S. The number of amides is 2. The maximum atomic E-state index is 14.0. The van der Waals surface area contributed by atoms with Crippen molar-refractivity contribution < 1.29 is 18.0 Å². The quantitative estimate of drug-likeness (QED) is 0.299. The molecule has 0 unspecified atom stereocenters. The van der Waals surface area contributed by atoms with Crippen LogP contribution >= 0.6 is 0 Å². The number of carbonyl (C=O) groups excluding carboxylic acids is 2. The summed E-state index contributed by atoms with van der Waals surface area (Å²) < 4.78 is 26.8. The zero-order valence-electron chi connectivity index (χ0n) is 23.0. The molecule has 0 saturated carbocycles. The molecule has 1 atom stereocenters. The average molecular weight is 550 g/mol. The van der Waals surface area contributed by atoms with Crippen molar-refractivity contribution in [2.45, 2.75) is 52.1 Å². The van der Waals surface area contributed by atoms with E-state index in [1.54, 1.807) is 12.1 Å². The Labute approximate surface area is 232 Å². The third-order valence-electron chi connectivity index (χ3n) is 6.61. The largest absolute Gasteiger partial charge is 0.354 e. The predicted molar refractivity (Wildman–Crippen MR) is 157 cm³/mol. The fourth-order valence-corrected chi connectivity index (χ4v) is 5.20. The lowest BCUT2D eigenvalue weighted by molar-refractivity contribution is -0.140. The molecule has 0 radical (unpaired) electrons. The molecule has 0 aliphatic heterocycles. The van der Waals surface area contributed by atoms with Gasteiger partial charge in [-0.25, -0.2) is 8.42 Å². The van der Waals surface area contributed by atoms with Gasteiger partial charge in [-0.15, -0.1) is 0 Å². The number of benzene rings is 3. The van der Waals surface area contributed by atoms with Crippen molar-refractivity contribution in [3.63, 3.8) is 0 Å². The molecule has 39 heavy (non-hydrogen) atoms. The zero-order valence-corrected chi connectivity index (χ0v) is 23.9. The van der Waals surface area contributed by atoms with E-state index in [4.69, 9.17) is 0 Å². The number of hydrogen-bond acceptors (Lipinski definition) is 4. The van der Waals surface area contributed by atoms with Gasteiger partial charge in [0.15, 0.2) is 0 Å². The van der Waals surface area contributed by atoms with E-state index >= 15 is 0 Å². The van der Waals surface area contributed by atoms with Gasteiger partial charge in [-0.05, 0) is 41.7 Å². The highest BCUT2D eigenvalue weighted by molar-refractivity contribution is 7.92. The third kappa shape index (κ3) is 8.96. The van der Waals surface area contributed by atoms with Gasteiger partial charge < -0.3 is 10.2 Å². The summed E-state index contributed by atoms with van der Waals surface area (Å²) in [6.45, 7) is 4.33. The van der Waals surface area contributed by atoms with Crippen LogP contribution in [0.25, 0.3) is 0 Å². The first-order valence-corrected chi connectivity index (χ1v) is 15.3. The van der Waals surface area contributed by atoms with Crippen molar-refractivity contribution in [1.82, 2.24) is 10.2 Å². The Balaban J connectivity index is 2.00. The molecule has 0 spiro atoms. The Hall–Kier alpha value is -3.65. The Morgan fingerprint density at radius 1 is 0.821 bits per heavy atom. The summed E-state index contributed by atoms with van der Waals surface area (Å²) in [5.41, 5.74) is 3.24. The molecule has 3 rings (SSSR count). The Bertz CT molecular complexity index is 1300. The summed E-state index contributed by atoms with van der Waals surface area (Å²) in [5, 5.41) is 2.99.